The van der Waals surface area contributed by atoms with E-state index in [-0.39, 0.29) is 42.2 Å². The Morgan fingerprint density at radius 1 is 1.15 bits per heavy atom. The largest absolute Gasteiger partial charge is 0.481 e. The van der Waals surface area contributed by atoms with Crippen LogP contribution >= 0.6 is 0 Å². The summed E-state index contributed by atoms with van der Waals surface area (Å²) in [5.74, 6) is -1.89. The normalized spacial score (nSPS) is 21.9. The Labute approximate surface area is 198 Å². The summed E-state index contributed by atoms with van der Waals surface area (Å²) >= 11 is 0. The molecule has 0 spiro atoms. The number of nitrogens with two attached hydrogens (primary N) is 1. The Kier molecular flexibility index (Phi) is 11.8. The van der Waals surface area contributed by atoms with Gasteiger partial charge in [-0.3, -0.25) is 14.4 Å². The number of carboxylic acid groups (broad SMARTS) is 1. The minimum Gasteiger partial charge on any atom is -0.481 e. The van der Waals surface area contributed by atoms with E-state index in [1.807, 2.05) is 27.7 Å². The van der Waals surface area contributed by atoms with E-state index in [9.17, 15) is 19.5 Å². The number of nitrogens with zero attached hydrogens (tertiary/aromatic N) is 2. The molecule has 192 valence electrons. The molecule has 1 aliphatic rings. The number of carbonyl (C=O) groups excluding carboxylic acids is 2. The molecule has 1 aliphatic heterocycles. The second kappa shape index (κ2) is 13.2. The van der Waals surface area contributed by atoms with E-state index in [2.05, 4.69) is 0 Å². The van der Waals surface area contributed by atoms with Crippen LogP contribution in [0.1, 0.15) is 60.3 Å². The second-order valence-corrected chi connectivity index (χ2v) is 9.70. The first kappa shape index (κ1) is 29.3. The Balaban J connectivity index is 3.11. The molecule has 1 fully saturated rings. The van der Waals surface area contributed by atoms with Gasteiger partial charge >= 0.3 is 5.97 Å². The number of methoxy groups -OCH3 is 2. The molecule has 1 heterocycles. The lowest BCUT2D eigenvalue weighted by atomic mass is 9.89. The molecule has 0 unspecified atom stereocenters. The predicted molar refractivity (Wildman–Crippen MR) is 127 cm³/mol. The highest BCUT2D eigenvalue weighted by Crippen LogP contribution is 2.29. The molecule has 0 saturated carbocycles. The van der Waals surface area contributed by atoms with E-state index in [1.165, 1.54) is 7.11 Å². The standard InChI is InChI=1S/C24H45N3O6/c1-9-15(4)21(26(6)23(29)20(25)14(2)3)18(32-7)13-19(28)27-12-10-11-17(27)22(33-8)16(5)24(30)31/h14-18,20-22H,9-13,25H2,1-8H3,(H,30,31)/t15-,16+,17-,18+,20-,21-,22+/m0/s1. The van der Waals surface area contributed by atoms with Crippen molar-refractivity contribution in [1.29, 1.82) is 0 Å². The average Bonchev–Trinajstić information content (AvgIpc) is 3.26. The van der Waals surface area contributed by atoms with Crippen LogP contribution in [0.15, 0.2) is 0 Å². The van der Waals surface area contributed by atoms with Crippen LogP contribution in [0.5, 0.6) is 0 Å². The van der Waals surface area contributed by atoms with Crippen LogP contribution in [0.4, 0.5) is 0 Å². The third-order valence-electron chi connectivity index (χ3n) is 7.24. The highest BCUT2D eigenvalue weighted by atomic mass is 16.5. The van der Waals surface area contributed by atoms with Gasteiger partial charge in [-0.05, 0) is 31.6 Å². The minimum absolute atomic E-state index is 0.00674. The van der Waals surface area contributed by atoms with Gasteiger partial charge in [-0.25, -0.2) is 0 Å². The third-order valence-corrected chi connectivity index (χ3v) is 7.24. The number of rotatable bonds is 13. The van der Waals surface area contributed by atoms with Gasteiger partial charge in [0.2, 0.25) is 11.8 Å². The molecular weight excluding hydrogens is 426 g/mol. The topological polar surface area (TPSA) is 122 Å². The van der Waals surface area contributed by atoms with Gasteiger partial charge in [0, 0.05) is 27.8 Å². The number of likely N-dealkylation sites (tertiary alicyclic amines) is 1. The van der Waals surface area contributed by atoms with Gasteiger partial charge in [-0.2, -0.15) is 0 Å². The third kappa shape index (κ3) is 7.13. The van der Waals surface area contributed by atoms with Crippen molar-refractivity contribution >= 4 is 17.8 Å². The lowest BCUT2D eigenvalue weighted by molar-refractivity contribution is -0.152. The van der Waals surface area contributed by atoms with Crippen LogP contribution in [0.2, 0.25) is 0 Å². The zero-order valence-corrected chi connectivity index (χ0v) is 21.6. The first-order chi connectivity index (χ1) is 15.4. The van der Waals surface area contributed by atoms with Crippen molar-refractivity contribution in [3.05, 3.63) is 0 Å². The molecular formula is C24H45N3O6. The Hall–Kier alpha value is -1.71. The van der Waals surface area contributed by atoms with E-state index in [0.29, 0.717) is 13.0 Å². The van der Waals surface area contributed by atoms with Crippen LogP contribution in [0.3, 0.4) is 0 Å². The highest BCUT2D eigenvalue weighted by Gasteiger charge is 2.42. The van der Waals surface area contributed by atoms with Crippen LogP contribution in [0.25, 0.3) is 0 Å². The average molecular weight is 472 g/mol. The van der Waals surface area contributed by atoms with Crippen LogP contribution in [-0.4, -0.2) is 90.8 Å². The molecule has 0 bridgehead atoms. The van der Waals surface area contributed by atoms with Crippen molar-refractivity contribution in [1.82, 2.24) is 9.80 Å². The van der Waals surface area contributed by atoms with Crippen molar-refractivity contribution in [3.8, 4) is 0 Å². The Morgan fingerprint density at radius 2 is 1.76 bits per heavy atom. The molecule has 3 N–H and O–H groups in total. The zero-order valence-electron chi connectivity index (χ0n) is 21.6. The predicted octanol–water partition coefficient (Wildman–Crippen LogP) is 1.97. The van der Waals surface area contributed by atoms with Crippen molar-refractivity contribution in [2.45, 2.75) is 90.6 Å². The summed E-state index contributed by atoms with van der Waals surface area (Å²) in [4.78, 5) is 41.3. The van der Waals surface area contributed by atoms with E-state index in [4.69, 9.17) is 15.2 Å². The number of amides is 2. The van der Waals surface area contributed by atoms with Gasteiger partial charge in [-0.1, -0.05) is 34.1 Å². The first-order valence-electron chi connectivity index (χ1n) is 12.0. The maximum Gasteiger partial charge on any atom is 0.308 e. The SMILES string of the molecule is CC[C@H](C)[C@@H]([C@@H](CC(=O)N1CCC[C@H]1[C@H](OC)[C@@H](C)C(=O)O)OC)N(C)C(=O)[C@@H](N)C(C)C. The minimum atomic E-state index is -0.950. The summed E-state index contributed by atoms with van der Waals surface area (Å²) in [6.45, 7) is 10.0. The van der Waals surface area contributed by atoms with Crippen molar-refractivity contribution in [2.24, 2.45) is 23.5 Å². The van der Waals surface area contributed by atoms with Crippen LogP contribution < -0.4 is 5.73 Å². The van der Waals surface area contributed by atoms with Crippen LogP contribution in [0, 0.1) is 17.8 Å². The second-order valence-electron chi connectivity index (χ2n) is 9.70. The number of likely N-dealkylation sites (N-methyl/N-ethyl adjacent to an activating group) is 1. The van der Waals surface area contributed by atoms with E-state index in [0.717, 1.165) is 12.8 Å². The fraction of sp³-hybridized carbons (Fsp3) is 0.875. The van der Waals surface area contributed by atoms with E-state index >= 15 is 0 Å². The molecule has 33 heavy (non-hydrogen) atoms. The number of aliphatic carboxylic acids is 1. The van der Waals surface area contributed by atoms with E-state index in [1.54, 1.807) is 30.9 Å². The molecule has 1 saturated heterocycles. The van der Waals surface area contributed by atoms with Crippen molar-refractivity contribution in [2.75, 3.05) is 27.8 Å². The highest BCUT2D eigenvalue weighted by molar-refractivity contribution is 5.82. The summed E-state index contributed by atoms with van der Waals surface area (Å²) in [6, 6.07) is -1.25. The van der Waals surface area contributed by atoms with Gasteiger partial charge in [0.15, 0.2) is 0 Å². The summed E-state index contributed by atoms with van der Waals surface area (Å²) in [6.07, 6.45) is 1.27. The summed E-state index contributed by atoms with van der Waals surface area (Å²) in [7, 11) is 4.77. The Morgan fingerprint density at radius 3 is 2.21 bits per heavy atom. The number of hydrogen-bond acceptors (Lipinski definition) is 6. The number of ether oxygens (including phenoxy) is 2. The van der Waals surface area contributed by atoms with Gasteiger partial charge in [0.25, 0.3) is 0 Å². The molecule has 0 aromatic heterocycles. The van der Waals surface area contributed by atoms with Crippen molar-refractivity contribution in [3.63, 3.8) is 0 Å². The molecule has 0 aromatic rings. The lowest BCUT2D eigenvalue weighted by Gasteiger charge is -2.40. The fourth-order valence-electron chi connectivity index (χ4n) is 4.82. The fourth-order valence-corrected chi connectivity index (χ4v) is 4.82. The number of hydrogen-bond donors (Lipinski definition) is 2. The van der Waals surface area contributed by atoms with Gasteiger partial charge in [0.1, 0.15) is 0 Å². The molecule has 9 nitrogen and oxygen atoms in total. The number of carboxylic acids is 1. The quantitative estimate of drug-likeness (QED) is 0.421. The summed E-state index contributed by atoms with van der Waals surface area (Å²) in [5, 5.41) is 9.46. The molecule has 0 radical (unpaired) electrons. The molecule has 0 aromatic carbocycles. The first-order valence-corrected chi connectivity index (χ1v) is 12.0. The summed E-state index contributed by atoms with van der Waals surface area (Å²) in [5.41, 5.74) is 6.13. The van der Waals surface area contributed by atoms with Gasteiger partial charge in [-0.15, -0.1) is 0 Å². The zero-order chi connectivity index (χ0) is 25.5. The number of carbonyl (C=O) groups is 3. The Bertz CT molecular complexity index is 658. The van der Waals surface area contributed by atoms with Gasteiger partial charge in [0.05, 0.1) is 42.7 Å². The molecule has 1 rings (SSSR count). The summed E-state index contributed by atoms with van der Waals surface area (Å²) < 4.78 is 11.3. The van der Waals surface area contributed by atoms with E-state index < -0.39 is 30.1 Å². The monoisotopic (exact) mass is 471 g/mol. The smallest absolute Gasteiger partial charge is 0.308 e. The molecule has 9 heteroatoms. The van der Waals surface area contributed by atoms with Crippen LogP contribution in [-0.2, 0) is 23.9 Å². The maximum absolute atomic E-state index is 13.4. The lowest BCUT2D eigenvalue weighted by Crippen LogP contribution is -2.56. The van der Waals surface area contributed by atoms with Gasteiger partial charge < -0.3 is 30.1 Å². The molecule has 2 amide bonds. The maximum atomic E-state index is 13.4. The molecule has 0 aliphatic carbocycles. The van der Waals surface area contributed by atoms with Crippen molar-refractivity contribution < 1.29 is 29.0 Å². The molecule has 7 atom stereocenters.